The van der Waals surface area contributed by atoms with Gasteiger partial charge in [0, 0.05) is 13.1 Å². The van der Waals surface area contributed by atoms with E-state index in [2.05, 4.69) is 44.2 Å². The second kappa shape index (κ2) is 7.67. The largest absolute Gasteiger partial charge is 0.308 e. The summed E-state index contributed by atoms with van der Waals surface area (Å²) < 4.78 is 0. The highest BCUT2D eigenvalue weighted by Crippen LogP contribution is 2.18. The molecule has 3 heteroatoms. The first-order chi connectivity index (χ1) is 7.10. The second-order valence-electron chi connectivity index (χ2n) is 4.42. The summed E-state index contributed by atoms with van der Waals surface area (Å²) in [5.41, 5.74) is -0.292. The minimum atomic E-state index is -0.292. The van der Waals surface area contributed by atoms with Crippen molar-refractivity contribution in [2.75, 3.05) is 27.2 Å². The Balaban J connectivity index is 4.16. The van der Waals surface area contributed by atoms with Crippen molar-refractivity contribution in [1.82, 2.24) is 10.2 Å². The van der Waals surface area contributed by atoms with Gasteiger partial charge in [-0.25, -0.2) is 0 Å². The van der Waals surface area contributed by atoms with Gasteiger partial charge in [0.2, 0.25) is 0 Å². The second-order valence-corrected chi connectivity index (χ2v) is 4.42. The zero-order valence-electron chi connectivity index (χ0n) is 10.6. The fourth-order valence-electron chi connectivity index (χ4n) is 1.83. The Kier molecular flexibility index (Phi) is 7.37. The normalized spacial score (nSPS) is 11.7. The van der Waals surface area contributed by atoms with E-state index in [4.69, 9.17) is 0 Å². The molecule has 0 heterocycles. The van der Waals surface area contributed by atoms with Gasteiger partial charge >= 0.3 is 0 Å². The Morgan fingerprint density at radius 3 is 2.07 bits per heavy atom. The molecule has 0 aliphatic carbocycles. The number of hydrogen-bond donors (Lipinski definition) is 1. The maximum absolute atomic E-state index is 9.28. The molecule has 0 atom stereocenters. The molecule has 0 amide bonds. The van der Waals surface area contributed by atoms with E-state index in [0.29, 0.717) is 0 Å². The van der Waals surface area contributed by atoms with Crippen LogP contribution >= 0.6 is 0 Å². The zero-order valence-corrected chi connectivity index (χ0v) is 10.6. The molecular weight excluding hydrogens is 186 g/mol. The predicted molar refractivity (Wildman–Crippen MR) is 64.7 cm³/mol. The van der Waals surface area contributed by atoms with Gasteiger partial charge in [0.05, 0.1) is 6.07 Å². The van der Waals surface area contributed by atoms with Gasteiger partial charge in [-0.1, -0.05) is 26.7 Å². The Morgan fingerprint density at radius 2 is 1.73 bits per heavy atom. The molecule has 0 aliphatic heterocycles. The molecule has 0 saturated carbocycles. The molecule has 15 heavy (non-hydrogen) atoms. The summed E-state index contributed by atoms with van der Waals surface area (Å²) in [5, 5.41) is 12.7. The van der Waals surface area contributed by atoms with Crippen LogP contribution in [0.5, 0.6) is 0 Å². The highest BCUT2D eigenvalue weighted by Gasteiger charge is 2.26. The number of nitriles is 1. The minimum absolute atomic E-state index is 0.292. The fourth-order valence-corrected chi connectivity index (χ4v) is 1.83. The monoisotopic (exact) mass is 211 g/mol. The van der Waals surface area contributed by atoms with E-state index in [1.807, 2.05) is 0 Å². The van der Waals surface area contributed by atoms with Gasteiger partial charge in [-0.3, -0.25) is 5.32 Å². The van der Waals surface area contributed by atoms with Crippen molar-refractivity contribution in [1.29, 1.82) is 5.26 Å². The average Bonchev–Trinajstić information content (AvgIpc) is 2.17. The summed E-state index contributed by atoms with van der Waals surface area (Å²) in [7, 11) is 4.10. The van der Waals surface area contributed by atoms with Gasteiger partial charge in [0.25, 0.3) is 0 Å². The maximum Gasteiger partial charge on any atom is 0.106 e. The predicted octanol–water partition coefficient (Wildman–Crippen LogP) is 2.00. The van der Waals surface area contributed by atoms with Crippen LogP contribution in [0.3, 0.4) is 0 Å². The van der Waals surface area contributed by atoms with Crippen LogP contribution in [0.1, 0.15) is 39.5 Å². The number of rotatable bonds is 8. The molecule has 0 spiro atoms. The Morgan fingerprint density at radius 1 is 1.20 bits per heavy atom. The average molecular weight is 211 g/mol. The van der Waals surface area contributed by atoms with Crippen molar-refractivity contribution in [3.8, 4) is 6.07 Å². The van der Waals surface area contributed by atoms with Gasteiger partial charge in [-0.15, -0.1) is 0 Å². The van der Waals surface area contributed by atoms with Crippen LogP contribution in [-0.2, 0) is 0 Å². The standard InChI is InChI=1S/C12H25N3/c1-5-7-12(11-13,8-6-2)14-9-10-15(3)4/h14H,5-10H2,1-4H3. The number of nitrogens with one attached hydrogen (secondary N) is 1. The summed E-state index contributed by atoms with van der Waals surface area (Å²) in [5.74, 6) is 0. The van der Waals surface area contributed by atoms with Crippen molar-refractivity contribution in [3.63, 3.8) is 0 Å². The van der Waals surface area contributed by atoms with Gasteiger partial charge < -0.3 is 4.90 Å². The van der Waals surface area contributed by atoms with Crippen LogP contribution in [0.15, 0.2) is 0 Å². The smallest absolute Gasteiger partial charge is 0.106 e. The Labute approximate surface area is 94.5 Å². The van der Waals surface area contributed by atoms with Crippen LogP contribution in [-0.4, -0.2) is 37.6 Å². The molecule has 0 saturated heterocycles. The summed E-state index contributed by atoms with van der Waals surface area (Å²) in [6, 6.07) is 2.46. The first-order valence-corrected chi connectivity index (χ1v) is 5.91. The molecule has 0 aliphatic rings. The quantitative estimate of drug-likeness (QED) is 0.667. The summed E-state index contributed by atoms with van der Waals surface area (Å²) in [6.45, 7) is 6.14. The van der Waals surface area contributed by atoms with E-state index in [1.165, 1.54) is 0 Å². The van der Waals surface area contributed by atoms with Gasteiger partial charge in [0.15, 0.2) is 0 Å². The lowest BCUT2D eigenvalue weighted by Crippen LogP contribution is -2.46. The highest BCUT2D eigenvalue weighted by molar-refractivity contribution is 5.06. The minimum Gasteiger partial charge on any atom is -0.308 e. The van der Waals surface area contributed by atoms with Gasteiger partial charge in [-0.05, 0) is 26.9 Å². The molecule has 1 N–H and O–H groups in total. The summed E-state index contributed by atoms with van der Waals surface area (Å²) >= 11 is 0. The Hall–Kier alpha value is -0.590. The molecular formula is C12H25N3. The lowest BCUT2D eigenvalue weighted by atomic mass is 9.90. The first-order valence-electron chi connectivity index (χ1n) is 5.91. The number of likely N-dealkylation sites (N-methyl/N-ethyl adjacent to an activating group) is 1. The van der Waals surface area contributed by atoms with E-state index in [9.17, 15) is 5.26 Å². The van der Waals surface area contributed by atoms with Gasteiger partial charge in [0.1, 0.15) is 5.54 Å². The lowest BCUT2D eigenvalue weighted by molar-refractivity contribution is 0.321. The number of nitrogens with zero attached hydrogens (tertiary/aromatic N) is 2. The topological polar surface area (TPSA) is 39.1 Å². The fraction of sp³-hybridized carbons (Fsp3) is 0.917. The van der Waals surface area contributed by atoms with Crippen LogP contribution in [0, 0.1) is 11.3 Å². The SMILES string of the molecule is CCCC(C#N)(CCC)NCCN(C)C. The van der Waals surface area contributed by atoms with E-state index in [1.54, 1.807) is 0 Å². The van der Waals surface area contributed by atoms with Crippen molar-refractivity contribution < 1.29 is 0 Å². The third kappa shape index (κ3) is 5.76. The van der Waals surface area contributed by atoms with Crippen molar-refractivity contribution in [2.24, 2.45) is 0 Å². The van der Waals surface area contributed by atoms with Crippen molar-refractivity contribution >= 4 is 0 Å². The van der Waals surface area contributed by atoms with E-state index in [0.717, 1.165) is 38.8 Å². The molecule has 0 unspecified atom stereocenters. The van der Waals surface area contributed by atoms with E-state index >= 15 is 0 Å². The molecule has 0 aromatic heterocycles. The van der Waals surface area contributed by atoms with Crippen LogP contribution < -0.4 is 5.32 Å². The third-order valence-corrected chi connectivity index (χ3v) is 2.59. The van der Waals surface area contributed by atoms with Crippen LogP contribution in [0.2, 0.25) is 0 Å². The zero-order chi connectivity index (χ0) is 11.7. The Bertz CT molecular complexity index is 188. The molecule has 0 aromatic rings. The summed E-state index contributed by atoms with van der Waals surface area (Å²) in [4.78, 5) is 2.13. The van der Waals surface area contributed by atoms with Crippen LogP contribution in [0.4, 0.5) is 0 Å². The van der Waals surface area contributed by atoms with E-state index < -0.39 is 0 Å². The maximum atomic E-state index is 9.28. The molecule has 0 rings (SSSR count). The van der Waals surface area contributed by atoms with Crippen LogP contribution in [0.25, 0.3) is 0 Å². The summed E-state index contributed by atoms with van der Waals surface area (Å²) in [6.07, 6.45) is 4.01. The molecule has 88 valence electrons. The molecule has 3 nitrogen and oxygen atoms in total. The molecule has 0 bridgehead atoms. The van der Waals surface area contributed by atoms with Gasteiger partial charge in [-0.2, -0.15) is 5.26 Å². The van der Waals surface area contributed by atoms with Crippen molar-refractivity contribution in [2.45, 2.75) is 45.1 Å². The number of hydrogen-bond acceptors (Lipinski definition) is 3. The third-order valence-electron chi connectivity index (χ3n) is 2.59. The molecule has 0 radical (unpaired) electrons. The van der Waals surface area contributed by atoms with E-state index in [-0.39, 0.29) is 5.54 Å². The van der Waals surface area contributed by atoms with Crippen molar-refractivity contribution in [3.05, 3.63) is 0 Å². The molecule has 0 fully saturated rings. The highest BCUT2D eigenvalue weighted by atomic mass is 15.1. The lowest BCUT2D eigenvalue weighted by Gasteiger charge is -2.28. The molecule has 0 aromatic carbocycles. The first kappa shape index (κ1) is 14.4.